The fourth-order valence-electron chi connectivity index (χ4n) is 2.13. The van der Waals surface area contributed by atoms with Crippen molar-refractivity contribution in [1.29, 1.82) is 0 Å². The van der Waals surface area contributed by atoms with Gasteiger partial charge in [-0.25, -0.2) is 0 Å². The highest BCUT2D eigenvalue weighted by Crippen LogP contribution is 2.24. The Morgan fingerprint density at radius 1 is 0.941 bits per heavy atom. The number of rotatable bonds is 2. The molecule has 0 unspecified atom stereocenters. The molecule has 1 radical (unpaired) electrons. The van der Waals surface area contributed by atoms with Gasteiger partial charge in [0.25, 0.3) is 0 Å². The minimum atomic E-state index is 0.832. The van der Waals surface area contributed by atoms with Gasteiger partial charge in [0.15, 0.2) is 0 Å². The van der Waals surface area contributed by atoms with Gasteiger partial charge in [0.2, 0.25) is 0 Å². The van der Waals surface area contributed by atoms with Crippen LogP contribution in [0.2, 0.25) is 0 Å². The van der Waals surface area contributed by atoms with Gasteiger partial charge in [0.05, 0.1) is 0 Å². The molecule has 1 heteroatoms. The lowest BCUT2D eigenvalue weighted by Crippen LogP contribution is -1.83. The van der Waals surface area contributed by atoms with Crippen LogP contribution in [0.1, 0.15) is 5.56 Å². The van der Waals surface area contributed by atoms with E-state index in [4.69, 9.17) is 0 Å². The summed E-state index contributed by atoms with van der Waals surface area (Å²) >= 11 is 0. The van der Waals surface area contributed by atoms with E-state index in [9.17, 15) is 0 Å². The number of fused-ring (bicyclic) bond motifs is 1. The molecular formula is C16H14N. The van der Waals surface area contributed by atoms with E-state index in [1.807, 2.05) is 6.20 Å². The maximum absolute atomic E-state index is 3.93. The molecule has 0 aliphatic heterocycles. The van der Waals surface area contributed by atoms with Gasteiger partial charge >= 0.3 is 0 Å². The van der Waals surface area contributed by atoms with E-state index >= 15 is 0 Å². The minimum absolute atomic E-state index is 0.832. The van der Waals surface area contributed by atoms with Crippen LogP contribution < -0.4 is 0 Å². The molecule has 0 atom stereocenters. The molecule has 0 amide bonds. The molecule has 0 saturated carbocycles. The van der Waals surface area contributed by atoms with Crippen LogP contribution in [0.15, 0.2) is 54.7 Å². The number of aromatic nitrogens is 1. The van der Waals surface area contributed by atoms with Gasteiger partial charge in [-0.05, 0) is 47.6 Å². The molecule has 1 nitrogen and oxygen atoms in total. The number of hydrogen-bond acceptors (Lipinski definition) is 0. The summed E-state index contributed by atoms with van der Waals surface area (Å²) in [5.74, 6) is 0. The molecule has 1 N–H and O–H groups in total. The predicted molar refractivity (Wildman–Crippen MR) is 72.8 cm³/mol. The molecule has 1 heterocycles. The first-order valence-electron chi connectivity index (χ1n) is 5.82. The van der Waals surface area contributed by atoms with Gasteiger partial charge in [-0.3, -0.25) is 0 Å². The van der Waals surface area contributed by atoms with Gasteiger partial charge in [0, 0.05) is 11.7 Å². The Bertz CT molecular complexity index is 649. The van der Waals surface area contributed by atoms with Crippen LogP contribution >= 0.6 is 0 Å². The fraction of sp³-hybridized carbons (Fsp3) is 0.0625. The van der Waals surface area contributed by atoms with Crippen LogP contribution in [-0.2, 0) is 6.42 Å². The molecule has 0 spiro atoms. The highest BCUT2D eigenvalue weighted by Gasteiger charge is 2.01. The number of H-pyrrole nitrogens is 1. The van der Waals surface area contributed by atoms with Crippen LogP contribution in [0.5, 0.6) is 0 Å². The van der Waals surface area contributed by atoms with Crippen molar-refractivity contribution in [3.05, 3.63) is 67.2 Å². The third-order valence-corrected chi connectivity index (χ3v) is 3.10. The normalized spacial score (nSPS) is 10.9. The zero-order chi connectivity index (χ0) is 11.7. The van der Waals surface area contributed by atoms with E-state index in [1.165, 1.54) is 27.6 Å². The Morgan fingerprint density at radius 2 is 1.82 bits per heavy atom. The Balaban J connectivity index is 2.12. The molecule has 1 aromatic heterocycles. The maximum Gasteiger partial charge on any atom is 0.0460 e. The predicted octanol–water partition coefficient (Wildman–Crippen LogP) is 4.21. The van der Waals surface area contributed by atoms with Gasteiger partial charge in [-0.2, -0.15) is 0 Å². The van der Waals surface area contributed by atoms with E-state index in [0.717, 1.165) is 6.42 Å². The Kier molecular flexibility index (Phi) is 2.45. The van der Waals surface area contributed by atoms with Gasteiger partial charge in [-0.15, -0.1) is 0 Å². The first kappa shape index (κ1) is 10.2. The van der Waals surface area contributed by atoms with Crippen LogP contribution in [-0.4, -0.2) is 4.98 Å². The third kappa shape index (κ3) is 1.84. The molecular weight excluding hydrogens is 206 g/mol. The van der Waals surface area contributed by atoms with Crippen molar-refractivity contribution >= 4 is 10.9 Å². The summed E-state index contributed by atoms with van der Waals surface area (Å²) in [6.07, 6.45) is 2.80. The standard InChI is InChI=1S/C16H14N/c1-2-12-4-3-5-14(10-12)15-7-6-13-8-9-17-16(13)11-15/h3-11,17H,1-2H2. The second-order valence-corrected chi connectivity index (χ2v) is 4.23. The summed E-state index contributed by atoms with van der Waals surface area (Å²) in [6, 6.07) is 17.2. The molecule has 0 aliphatic rings. The minimum Gasteiger partial charge on any atom is -0.361 e. The van der Waals surface area contributed by atoms with E-state index in [-0.39, 0.29) is 0 Å². The van der Waals surface area contributed by atoms with Crippen molar-refractivity contribution in [2.75, 3.05) is 0 Å². The largest absolute Gasteiger partial charge is 0.361 e. The molecule has 0 saturated heterocycles. The van der Waals surface area contributed by atoms with Crippen molar-refractivity contribution in [3.63, 3.8) is 0 Å². The Labute approximate surface area is 101 Å². The van der Waals surface area contributed by atoms with Gasteiger partial charge in [0.1, 0.15) is 0 Å². The summed E-state index contributed by atoms with van der Waals surface area (Å²) in [5.41, 5.74) is 4.95. The fourth-order valence-corrected chi connectivity index (χ4v) is 2.13. The molecule has 3 aromatic rings. The number of aromatic amines is 1. The topological polar surface area (TPSA) is 15.8 Å². The van der Waals surface area contributed by atoms with Crippen molar-refractivity contribution in [1.82, 2.24) is 4.98 Å². The lowest BCUT2D eigenvalue weighted by atomic mass is 10.0. The lowest BCUT2D eigenvalue weighted by Gasteiger charge is -2.04. The summed E-state index contributed by atoms with van der Waals surface area (Å²) in [5, 5.41) is 1.25. The second-order valence-electron chi connectivity index (χ2n) is 4.23. The number of nitrogens with one attached hydrogen (secondary N) is 1. The zero-order valence-electron chi connectivity index (χ0n) is 9.61. The highest BCUT2D eigenvalue weighted by atomic mass is 14.7. The van der Waals surface area contributed by atoms with Gasteiger partial charge in [-0.1, -0.05) is 36.4 Å². The van der Waals surface area contributed by atoms with Crippen molar-refractivity contribution in [2.45, 2.75) is 6.42 Å². The number of benzene rings is 2. The molecule has 0 aliphatic carbocycles. The molecule has 3 rings (SSSR count). The Morgan fingerprint density at radius 3 is 2.71 bits per heavy atom. The summed E-state index contributed by atoms with van der Waals surface area (Å²) in [6.45, 7) is 3.93. The smallest absolute Gasteiger partial charge is 0.0460 e. The average molecular weight is 220 g/mol. The SMILES string of the molecule is [CH2]Cc1cccc(-c2ccc3cc[nH]c3c2)c1. The first-order valence-corrected chi connectivity index (χ1v) is 5.82. The zero-order valence-corrected chi connectivity index (χ0v) is 9.61. The summed E-state index contributed by atoms with van der Waals surface area (Å²) in [7, 11) is 0. The van der Waals surface area contributed by atoms with Crippen molar-refractivity contribution in [3.8, 4) is 11.1 Å². The van der Waals surface area contributed by atoms with Crippen molar-refractivity contribution in [2.24, 2.45) is 0 Å². The monoisotopic (exact) mass is 220 g/mol. The number of hydrogen-bond donors (Lipinski definition) is 1. The summed E-state index contributed by atoms with van der Waals surface area (Å²) in [4.78, 5) is 3.25. The van der Waals surface area contributed by atoms with Crippen molar-refractivity contribution < 1.29 is 0 Å². The maximum atomic E-state index is 3.93. The van der Waals surface area contributed by atoms with E-state index in [0.29, 0.717) is 0 Å². The van der Waals surface area contributed by atoms with Crippen LogP contribution in [0, 0.1) is 6.92 Å². The highest BCUT2D eigenvalue weighted by molar-refractivity contribution is 5.84. The quantitative estimate of drug-likeness (QED) is 0.665. The lowest BCUT2D eigenvalue weighted by molar-refractivity contribution is 1.27. The molecule has 83 valence electrons. The van der Waals surface area contributed by atoms with E-state index in [1.54, 1.807) is 0 Å². The summed E-state index contributed by atoms with van der Waals surface area (Å²) < 4.78 is 0. The first-order chi connectivity index (χ1) is 8.36. The van der Waals surface area contributed by atoms with E-state index < -0.39 is 0 Å². The van der Waals surface area contributed by atoms with Crippen LogP contribution in [0.25, 0.3) is 22.0 Å². The third-order valence-electron chi connectivity index (χ3n) is 3.10. The average Bonchev–Trinajstić information content (AvgIpc) is 2.86. The van der Waals surface area contributed by atoms with E-state index in [2.05, 4.69) is 60.4 Å². The molecule has 0 bridgehead atoms. The Hall–Kier alpha value is -2.02. The molecule has 2 aromatic carbocycles. The van der Waals surface area contributed by atoms with Crippen LogP contribution in [0.3, 0.4) is 0 Å². The second kappa shape index (κ2) is 4.10. The van der Waals surface area contributed by atoms with Crippen LogP contribution in [0.4, 0.5) is 0 Å². The molecule has 0 fully saturated rings. The van der Waals surface area contributed by atoms with Gasteiger partial charge < -0.3 is 4.98 Å². The molecule has 17 heavy (non-hydrogen) atoms.